The first kappa shape index (κ1) is 14.8. The highest BCUT2D eigenvalue weighted by molar-refractivity contribution is 9.10. The molecule has 2 atom stereocenters. The number of aliphatic hydroxyl groups excluding tert-OH is 2. The standard InChI is InChI=1S/C14H20BrNO3/c15-11-3-5-14(6-4-11)19-10-13(18)8-16-7-1-2-12(16)9-17/h3-6,12-13,17-18H,1-2,7-10H2/t12-,13?/m1/s1. The Morgan fingerprint density at radius 1 is 1.37 bits per heavy atom. The van der Waals surface area contributed by atoms with Crippen molar-refractivity contribution in [2.45, 2.75) is 25.0 Å². The summed E-state index contributed by atoms with van der Waals surface area (Å²) in [5.41, 5.74) is 0. The maximum absolute atomic E-state index is 9.98. The molecular weight excluding hydrogens is 310 g/mol. The summed E-state index contributed by atoms with van der Waals surface area (Å²) in [6, 6.07) is 7.74. The molecule has 19 heavy (non-hydrogen) atoms. The third-order valence-electron chi connectivity index (χ3n) is 3.41. The zero-order valence-corrected chi connectivity index (χ0v) is 12.4. The van der Waals surface area contributed by atoms with Crippen LogP contribution in [0, 0.1) is 0 Å². The molecule has 106 valence electrons. The minimum Gasteiger partial charge on any atom is -0.491 e. The van der Waals surface area contributed by atoms with E-state index in [1.807, 2.05) is 24.3 Å². The Kier molecular flexibility index (Phi) is 5.63. The number of β-amino-alcohol motifs (C(OH)–C–C–N with tert-alkyl or cyclic N) is 1. The summed E-state index contributed by atoms with van der Waals surface area (Å²) < 4.78 is 6.54. The first-order chi connectivity index (χ1) is 9.19. The molecule has 0 bridgehead atoms. The molecular formula is C14H20BrNO3. The van der Waals surface area contributed by atoms with Gasteiger partial charge in [0.1, 0.15) is 18.5 Å². The van der Waals surface area contributed by atoms with Crippen molar-refractivity contribution in [3.8, 4) is 5.75 Å². The van der Waals surface area contributed by atoms with Gasteiger partial charge in [-0.15, -0.1) is 0 Å². The molecule has 0 aliphatic carbocycles. The zero-order valence-electron chi connectivity index (χ0n) is 10.8. The van der Waals surface area contributed by atoms with E-state index in [0.717, 1.165) is 29.6 Å². The third-order valence-corrected chi connectivity index (χ3v) is 3.94. The molecule has 1 fully saturated rings. The maximum atomic E-state index is 9.98. The summed E-state index contributed by atoms with van der Waals surface area (Å²) in [7, 11) is 0. The van der Waals surface area contributed by atoms with Crippen LogP contribution in [0.5, 0.6) is 5.75 Å². The minimum absolute atomic E-state index is 0.167. The Morgan fingerprint density at radius 3 is 2.79 bits per heavy atom. The first-order valence-electron chi connectivity index (χ1n) is 6.60. The number of benzene rings is 1. The Labute approximate surface area is 122 Å². The van der Waals surface area contributed by atoms with Gasteiger partial charge in [0.05, 0.1) is 6.61 Å². The lowest BCUT2D eigenvalue weighted by Crippen LogP contribution is -2.40. The van der Waals surface area contributed by atoms with Crippen LogP contribution in [0.15, 0.2) is 28.7 Å². The van der Waals surface area contributed by atoms with E-state index in [4.69, 9.17) is 4.74 Å². The van der Waals surface area contributed by atoms with E-state index in [1.54, 1.807) is 0 Å². The number of hydrogen-bond acceptors (Lipinski definition) is 4. The largest absolute Gasteiger partial charge is 0.491 e. The predicted octanol–water partition coefficient (Wildman–Crippen LogP) is 1.65. The van der Waals surface area contributed by atoms with Crippen molar-refractivity contribution in [3.63, 3.8) is 0 Å². The molecule has 2 N–H and O–H groups in total. The Hall–Kier alpha value is -0.620. The van der Waals surface area contributed by atoms with Crippen LogP contribution in [0.3, 0.4) is 0 Å². The molecule has 4 nitrogen and oxygen atoms in total. The molecule has 0 spiro atoms. The van der Waals surface area contributed by atoms with Gasteiger partial charge in [0.2, 0.25) is 0 Å². The summed E-state index contributed by atoms with van der Waals surface area (Å²) in [5, 5.41) is 19.2. The lowest BCUT2D eigenvalue weighted by molar-refractivity contribution is 0.0532. The van der Waals surface area contributed by atoms with Crippen LogP contribution < -0.4 is 4.74 Å². The average molecular weight is 330 g/mol. The monoisotopic (exact) mass is 329 g/mol. The molecule has 2 rings (SSSR count). The van der Waals surface area contributed by atoms with Crippen LogP contribution in [0.1, 0.15) is 12.8 Å². The Bertz CT molecular complexity index is 385. The summed E-state index contributed by atoms with van der Waals surface area (Å²) >= 11 is 3.36. The fraction of sp³-hybridized carbons (Fsp3) is 0.571. The molecule has 1 aromatic carbocycles. The number of rotatable bonds is 6. The quantitative estimate of drug-likeness (QED) is 0.833. The summed E-state index contributed by atoms with van der Waals surface area (Å²) in [4.78, 5) is 2.13. The van der Waals surface area contributed by atoms with Gasteiger partial charge in [-0.25, -0.2) is 0 Å². The Morgan fingerprint density at radius 2 is 2.11 bits per heavy atom. The molecule has 1 heterocycles. The van der Waals surface area contributed by atoms with E-state index in [0.29, 0.717) is 6.54 Å². The van der Waals surface area contributed by atoms with E-state index >= 15 is 0 Å². The van der Waals surface area contributed by atoms with Gasteiger partial charge in [-0.3, -0.25) is 4.90 Å². The minimum atomic E-state index is -0.532. The van der Waals surface area contributed by atoms with Gasteiger partial charge >= 0.3 is 0 Å². The molecule has 1 aromatic rings. The molecule has 1 aliphatic heterocycles. The van der Waals surface area contributed by atoms with Crippen LogP contribution in [0.25, 0.3) is 0 Å². The molecule has 1 aliphatic rings. The summed E-state index contributed by atoms with van der Waals surface area (Å²) in [6.07, 6.45) is 1.57. The number of aliphatic hydroxyl groups is 2. The van der Waals surface area contributed by atoms with Crippen LogP contribution in [0.4, 0.5) is 0 Å². The first-order valence-corrected chi connectivity index (χ1v) is 7.39. The summed E-state index contributed by atoms with van der Waals surface area (Å²) in [6.45, 7) is 1.94. The van der Waals surface area contributed by atoms with Crippen molar-refractivity contribution in [3.05, 3.63) is 28.7 Å². The van der Waals surface area contributed by atoms with Crippen molar-refractivity contribution < 1.29 is 14.9 Å². The zero-order chi connectivity index (χ0) is 13.7. The predicted molar refractivity (Wildman–Crippen MR) is 77.3 cm³/mol. The number of hydrogen-bond donors (Lipinski definition) is 2. The molecule has 0 amide bonds. The second kappa shape index (κ2) is 7.24. The Balaban J connectivity index is 1.75. The van der Waals surface area contributed by atoms with Gasteiger partial charge in [0.25, 0.3) is 0 Å². The molecule has 0 aromatic heterocycles. The van der Waals surface area contributed by atoms with Gasteiger partial charge < -0.3 is 14.9 Å². The third kappa shape index (κ3) is 4.45. The average Bonchev–Trinajstić information content (AvgIpc) is 2.85. The lowest BCUT2D eigenvalue weighted by atomic mass is 10.2. The smallest absolute Gasteiger partial charge is 0.119 e. The molecule has 0 radical (unpaired) electrons. The second-order valence-electron chi connectivity index (χ2n) is 4.89. The molecule has 5 heteroatoms. The van der Waals surface area contributed by atoms with Crippen molar-refractivity contribution in [1.29, 1.82) is 0 Å². The fourth-order valence-electron chi connectivity index (χ4n) is 2.39. The summed E-state index contributed by atoms with van der Waals surface area (Å²) in [5.74, 6) is 0.752. The van der Waals surface area contributed by atoms with Gasteiger partial charge in [-0.2, -0.15) is 0 Å². The topological polar surface area (TPSA) is 52.9 Å². The highest BCUT2D eigenvalue weighted by Crippen LogP contribution is 2.18. The van der Waals surface area contributed by atoms with Crippen molar-refractivity contribution in [2.75, 3.05) is 26.3 Å². The molecule has 0 saturated carbocycles. The van der Waals surface area contributed by atoms with E-state index in [2.05, 4.69) is 20.8 Å². The highest BCUT2D eigenvalue weighted by atomic mass is 79.9. The number of nitrogens with zero attached hydrogens (tertiary/aromatic N) is 1. The SMILES string of the molecule is OC[C@H]1CCCN1CC(O)COc1ccc(Br)cc1. The van der Waals surface area contributed by atoms with Gasteiger partial charge in [-0.05, 0) is 43.7 Å². The normalized spacial score (nSPS) is 21.5. The lowest BCUT2D eigenvalue weighted by Gasteiger charge is -2.25. The van der Waals surface area contributed by atoms with Crippen molar-refractivity contribution in [1.82, 2.24) is 4.90 Å². The van der Waals surface area contributed by atoms with E-state index in [9.17, 15) is 10.2 Å². The van der Waals surface area contributed by atoms with Crippen LogP contribution in [-0.4, -0.2) is 53.6 Å². The van der Waals surface area contributed by atoms with E-state index in [-0.39, 0.29) is 19.3 Å². The highest BCUT2D eigenvalue weighted by Gasteiger charge is 2.25. The van der Waals surface area contributed by atoms with Crippen LogP contribution in [0.2, 0.25) is 0 Å². The van der Waals surface area contributed by atoms with Gasteiger partial charge in [-0.1, -0.05) is 15.9 Å². The second-order valence-corrected chi connectivity index (χ2v) is 5.81. The van der Waals surface area contributed by atoms with Crippen molar-refractivity contribution in [2.24, 2.45) is 0 Å². The van der Waals surface area contributed by atoms with E-state index < -0.39 is 6.10 Å². The molecule has 1 unspecified atom stereocenters. The number of halogens is 1. The van der Waals surface area contributed by atoms with Crippen molar-refractivity contribution >= 4 is 15.9 Å². The molecule has 1 saturated heterocycles. The van der Waals surface area contributed by atoms with Crippen LogP contribution >= 0.6 is 15.9 Å². The maximum Gasteiger partial charge on any atom is 0.119 e. The van der Waals surface area contributed by atoms with E-state index in [1.165, 1.54) is 0 Å². The van der Waals surface area contributed by atoms with Gasteiger partial charge in [0, 0.05) is 17.1 Å². The number of likely N-dealkylation sites (tertiary alicyclic amines) is 1. The van der Waals surface area contributed by atoms with Gasteiger partial charge in [0.15, 0.2) is 0 Å². The number of ether oxygens (including phenoxy) is 1. The fourth-order valence-corrected chi connectivity index (χ4v) is 2.65. The van der Waals surface area contributed by atoms with Crippen LogP contribution in [-0.2, 0) is 0 Å².